The Morgan fingerprint density at radius 2 is 1.83 bits per heavy atom. The first-order valence-electron chi connectivity index (χ1n) is 10.0. The summed E-state index contributed by atoms with van der Waals surface area (Å²) in [4.78, 5) is 18.3. The SMILES string of the molecule is CCCCNc1nnc(-c2cc(C)c(ON(CC)C(=O)OC(C)(C)C)c(C)c2)s1. The molecule has 0 aliphatic carbocycles. The first kappa shape index (κ1) is 22.9. The van der Waals surface area contributed by atoms with E-state index in [0.717, 1.165) is 46.2 Å². The number of aromatic nitrogens is 2. The van der Waals surface area contributed by atoms with Crippen LogP contribution in [0.5, 0.6) is 5.75 Å². The number of benzene rings is 1. The molecule has 1 amide bonds. The highest BCUT2D eigenvalue weighted by Gasteiger charge is 2.24. The molecular weight excluding hydrogens is 388 g/mol. The fraction of sp³-hybridized carbons (Fsp3) is 0.571. The third-order valence-corrected chi connectivity index (χ3v) is 4.95. The summed E-state index contributed by atoms with van der Waals surface area (Å²) in [6.07, 6.45) is 1.73. The molecule has 0 atom stereocenters. The standard InChI is InChI=1S/C21H32N4O3S/c1-8-10-11-22-19-24-23-18(29-19)16-12-14(3)17(15(4)13-16)28-25(9-2)20(26)27-21(5,6)7/h12-13H,8-11H2,1-7H3,(H,22,24). The number of aryl methyl sites for hydroxylation is 2. The molecule has 7 nitrogen and oxygen atoms in total. The smallest absolute Gasteiger partial charge is 0.442 e. The topological polar surface area (TPSA) is 76.6 Å². The third kappa shape index (κ3) is 6.59. The lowest BCUT2D eigenvalue weighted by Gasteiger charge is -2.27. The van der Waals surface area contributed by atoms with E-state index in [1.54, 1.807) is 0 Å². The summed E-state index contributed by atoms with van der Waals surface area (Å²) in [5, 5.41) is 14.7. The summed E-state index contributed by atoms with van der Waals surface area (Å²) in [7, 11) is 0. The summed E-state index contributed by atoms with van der Waals surface area (Å²) in [5.41, 5.74) is 2.23. The molecule has 160 valence electrons. The largest absolute Gasteiger partial charge is 0.443 e. The molecule has 1 N–H and O–H groups in total. The van der Waals surface area contributed by atoms with Crippen molar-refractivity contribution in [3.8, 4) is 16.3 Å². The average molecular weight is 421 g/mol. The molecule has 0 fully saturated rings. The van der Waals surface area contributed by atoms with Crippen LogP contribution in [0.15, 0.2) is 12.1 Å². The van der Waals surface area contributed by atoms with Crippen LogP contribution in [0.2, 0.25) is 0 Å². The lowest BCUT2D eigenvalue weighted by molar-refractivity contribution is -0.0700. The zero-order valence-corrected chi connectivity index (χ0v) is 19.3. The van der Waals surface area contributed by atoms with Gasteiger partial charge in [-0.3, -0.25) is 0 Å². The van der Waals surface area contributed by atoms with Crippen LogP contribution in [0.3, 0.4) is 0 Å². The van der Waals surface area contributed by atoms with Crippen LogP contribution < -0.4 is 10.2 Å². The molecule has 2 rings (SSSR count). The molecular formula is C21H32N4O3S. The lowest BCUT2D eigenvalue weighted by Crippen LogP contribution is -2.39. The van der Waals surface area contributed by atoms with Gasteiger partial charge in [-0.25, -0.2) is 4.79 Å². The van der Waals surface area contributed by atoms with E-state index in [0.29, 0.717) is 12.3 Å². The van der Waals surface area contributed by atoms with E-state index >= 15 is 0 Å². The van der Waals surface area contributed by atoms with E-state index < -0.39 is 11.7 Å². The zero-order chi connectivity index (χ0) is 21.6. The molecule has 0 unspecified atom stereocenters. The lowest BCUT2D eigenvalue weighted by atomic mass is 10.1. The van der Waals surface area contributed by atoms with Crippen LogP contribution in [0.25, 0.3) is 10.6 Å². The first-order valence-corrected chi connectivity index (χ1v) is 10.8. The van der Waals surface area contributed by atoms with Crippen LogP contribution in [0.4, 0.5) is 9.93 Å². The van der Waals surface area contributed by atoms with E-state index in [1.165, 1.54) is 16.4 Å². The summed E-state index contributed by atoms with van der Waals surface area (Å²) >= 11 is 1.53. The van der Waals surface area contributed by atoms with Crippen molar-refractivity contribution in [1.82, 2.24) is 15.3 Å². The normalized spacial score (nSPS) is 11.3. The second kappa shape index (κ2) is 9.91. The fourth-order valence-corrected chi connectivity index (χ4v) is 3.41. The molecule has 2 aromatic rings. The maximum Gasteiger partial charge on any atom is 0.443 e. The first-order chi connectivity index (χ1) is 13.6. The number of carbonyl (C=O) groups is 1. The van der Waals surface area contributed by atoms with Gasteiger partial charge in [0.1, 0.15) is 10.6 Å². The predicted molar refractivity (Wildman–Crippen MR) is 117 cm³/mol. The molecule has 0 spiro atoms. The highest BCUT2D eigenvalue weighted by atomic mass is 32.1. The van der Waals surface area contributed by atoms with Crippen molar-refractivity contribution in [2.45, 2.75) is 66.9 Å². The zero-order valence-electron chi connectivity index (χ0n) is 18.5. The highest BCUT2D eigenvalue weighted by Crippen LogP contribution is 2.33. The van der Waals surface area contributed by atoms with E-state index in [4.69, 9.17) is 9.57 Å². The van der Waals surface area contributed by atoms with Crippen LogP contribution in [-0.4, -0.2) is 40.0 Å². The molecule has 1 aromatic heterocycles. The van der Waals surface area contributed by atoms with Crippen LogP contribution >= 0.6 is 11.3 Å². The number of rotatable bonds is 8. The maximum atomic E-state index is 12.4. The minimum absolute atomic E-state index is 0.374. The number of nitrogens with one attached hydrogen (secondary N) is 1. The van der Waals surface area contributed by atoms with Gasteiger partial charge in [-0.15, -0.1) is 15.3 Å². The molecule has 8 heteroatoms. The number of carbonyl (C=O) groups excluding carboxylic acids is 1. The number of ether oxygens (including phenoxy) is 1. The van der Waals surface area contributed by atoms with Gasteiger partial charge in [0.05, 0.1) is 6.54 Å². The number of anilines is 1. The fourth-order valence-electron chi connectivity index (χ4n) is 2.66. The van der Waals surface area contributed by atoms with Gasteiger partial charge in [-0.1, -0.05) is 24.7 Å². The van der Waals surface area contributed by atoms with E-state index in [9.17, 15) is 4.79 Å². The second-order valence-corrected chi connectivity index (χ2v) is 8.88. The van der Waals surface area contributed by atoms with Crippen molar-refractivity contribution in [1.29, 1.82) is 0 Å². The van der Waals surface area contributed by atoms with Crippen molar-refractivity contribution in [3.63, 3.8) is 0 Å². The summed E-state index contributed by atoms with van der Waals surface area (Å²) < 4.78 is 5.42. The van der Waals surface area contributed by atoms with Crippen molar-refractivity contribution < 1.29 is 14.4 Å². The Kier molecular flexibility index (Phi) is 7.84. The molecule has 0 aliphatic rings. The Morgan fingerprint density at radius 3 is 2.38 bits per heavy atom. The quantitative estimate of drug-likeness (QED) is 0.443. The number of hydroxylamine groups is 2. The van der Waals surface area contributed by atoms with Crippen molar-refractivity contribution >= 4 is 22.6 Å². The van der Waals surface area contributed by atoms with Crippen molar-refractivity contribution in [2.75, 3.05) is 18.4 Å². The number of hydrogen-bond donors (Lipinski definition) is 1. The van der Waals surface area contributed by atoms with Crippen LogP contribution in [0.1, 0.15) is 58.6 Å². The highest BCUT2D eigenvalue weighted by molar-refractivity contribution is 7.18. The monoisotopic (exact) mass is 420 g/mol. The Bertz CT molecular complexity index is 807. The molecule has 0 bridgehead atoms. The molecule has 0 aliphatic heterocycles. The molecule has 0 radical (unpaired) electrons. The number of amides is 1. The molecule has 1 heterocycles. The van der Waals surface area contributed by atoms with Gasteiger partial charge in [0.15, 0.2) is 5.75 Å². The summed E-state index contributed by atoms with van der Waals surface area (Å²) in [5.74, 6) is 0.646. The molecule has 29 heavy (non-hydrogen) atoms. The Hall–Kier alpha value is -2.35. The van der Waals surface area contributed by atoms with Gasteiger partial charge >= 0.3 is 6.09 Å². The van der Waals surface area contributed by atoms with Gasteiger partial charge < -0.3 is 14.9 Å². The van der Waals surface area contributed by atoms with Crippen LogP contribution in [0, 0.1) is 13.8 Å². The Balaban J connectivity index is 2.17. The Labute approximate surface area is 177 Å². The van der Waals surface area contributed by atoms with E-state index in [1.807, 2.05) is 53.7 Å². The van der Waals surface area contributed by atoms with Gasteiger partial charge in [0.25, 0.3) is 0 Å². The average Bonchev–Trinajstić information content (AvgIpc) is 3.09. The number of hydrogen-bond acceptors (Lipinski definition) is 7. The van der Waals surface area contributed by atoms with Gasteiger partial charge in [-0.2, -0.15) is 0 Å². The van der Waals surface area contributed by atoms with Crippen LogP contribution in [-0.2, 0) is 4.74 Å². The molecule has 1 aromatic carbocycles. The minimum atomic E-state index is -0.581. The van der Waals surface area contributed by atoms with Crippen molar-refractivity contribution in [3.05, 3.63) is 23.3 Å². The second-order valence-electron chi connectivity index (χ2n) is 7.90. The Morgan fingerprint density at radius 1 is 1.17 bits per heavy atom. The molecule has 0 saturated heterocycles. The maximum absolute atomic E-state index is 12.4. The van der Waals surface area contributed by atoms with E-state index in [-0.39, 0.29) is 0 Å². The summed E-state index contributed by atoms with van der Waals surface area (Å²) in [6.45, 7) is 14.7. The third-order valence-electron chi connectivity index (χ3n) is 4.02. The van der Waals surface area contributed by atoms with Gasteiger partial charge in [0, 0.05) is 12.1 Å². The number of nitrogens with zero attached hydrogens (tertiary/aromatic N) is 3. The van der Waals surface area contributed by atoms with E-state index in [2.05, 4.69) is 22.4 Å². The predicted octanol–water partition coefficient (Wildman–Crippen LogP) is 5.58. The molecule has 0 saturated carbocycles. The van der Waals surface area contributed by atoms with Gasteiger partial charge in [0.2, 0.25) is 5.13 Å². The van der Waals surface area contributed by atoms with Crippen molar-refractivity contribution in [2.24, 2.45) is 0 Å². The van der Waals surface area contributed by atoms with Gasteiger partial charge in [-0.05, 0) is 71.2 Å². The summed E-state index contributed by atoms with van der Waals surface area (Å²) in [6, 6.07) is 4.00. The minimum Gasteiger partial charge on any atom is -0.442 e. The number of unbranched alkanes of at least 4 members (excludes halogenated alkanes) is 1.